The molecule has 172 valence electrons. The van der Waals surface area contributed by atoms with Crippen molar-refractivity contribution in [2.75, 3.05) is 5.32 Å². The lowest BCUT2D eigenvalue weighted by Crippen LogP contribution is -2.13. The van der Waals surface area contributed by atoms with Gasteiger partial charge in [-0.05, 0) is 51.8 Å². The van der Waals surface area contributed by atoms with Gasteiger partial charge in [-0.3, -0.25) is 19.6 Å². The molecule has 0 aliphatic carbocycles. The van der Waals surface area contributed by atoms with Crippen molar-refractivity contribution >= 4 is 33.3 Å². The number of aromatic nitrogens is 2. The van der Waals surface area contributed by atoms with Crippen LogP contribution in [-0.4, -0.2) is 20.6 Å². The maximum absolute atomic E-state index is 13.9. The Morgan fingerprint density at radius 3 is 2.62 bits per heavy atom. The average Bonchev–Trinajstić information content (AvgIpc) is 3.18. The van der Waals surface area contributed by atoms with Crippen LogP contribution in [-0.2, 0) is 13.2 Å². The molecule has 0 aliphatic heterocycles. The molecule has 0 saturated heterocycles. The van der Waals surface area contributed by atoms with Gasteiger partial charge < -0.3 is 10.1 Å². The van der Waals surface area contributed by atoms with Crippen LogP contribution < -0.4 is 10.1 Å². The van der Waals surface area contributed by atoms with Crippen molar-refractivity contribution in [1.82, 2.24) is 9.78 Å². The van der Waals surface area contributed by atoms with Gasteiger partial charge in [0.1, 0.15) is 18.2 Å². The first kappa shape index (κ1) is 23.1. The van der Waals surface area contributed by atoms with E-state index in [9.17, 15) is 19.3 Å². The predicted octanol–water partition coefficient (Wildman–Crippen LogP) is 5.57. The van der Waals surface area contributed by atoms with Gasteiger partial charge in [-0.25, -0.2) is 4.39 Å². The molecule has 0 atom stereocenters. The lowest BCUT2D eigenvalue weighted by atomic mass is 10.1. The van der Waals surface area contributed by atoms with Crippen molar-refractivity contribution in [3.05, 3.63) is 116 Å². The number of hydrogen-bond acceptors (Lipinski definition) is 5. The number of carbonyl (C=O) groups is 1. The van der Waals surface area contributed by atoms with Gasteiger partial charge in [-0.2, -0.15) is 5.10 Å². The second kappa shape index (κ2) is 10.3. The van der Waals surface area contributed by atoms with E-state index in [2.05, 4.69) is 26.3 Å². The monoisotopic (exact) mass is 524 g/mol. The van der Waals surface area contributed by atoms with Gasteiger partial charge >= 0.3 is 0 Å². The number of benzene rings is 3. The largest absolute Gasteiger partial charge is 0.489 e. The molecule has 1 aromatic heterocycles. The van der Waals surface area contributed by atoms with Gasteiger partial charge in [0.25, 0.3) is 11.6 Å². The minimum absolute atomic E-state index is 0.0199. The number of nitrogens with one attached hydrogen (secondary N) is 1. The maximum atomic E-state index is 13.9. The van der Waals surface area contributed by atoms with E-state index in [0.717, 1.165) is 5.56 Å². The summed E-state index contributed by atoms with van der Waals surface area (Å²) in [5, 5.41) is 17.8. The van der Waals surface area contributed by atoms with E-state index in [0.29, 0.717) is 27.2 Å². The molecule has 34 heavy (non-hydrogen) atoms. The smallest absolute Gasteiger partial charge is 0.269 e. The Balaban J connectivity index is 1.40. The molecule has 0 fully saturated rings. The van der Waals surface area contributed by atoms with E-state index in [-0.39, 0.29) is 30.6 Å². The highest BCUT2D eigenvalue weighted by atomic mass is 79.9. The summed E-state index contributed by atoms with van der Waals surface area (Å²) in [6.45, 7) is 0.399. The molecule has 4 rings (SSSR count). The second-order valence-electron chi connectivity index (χ2n) is 7.31. The van der Waals surface area contributed by atoms with Crippen LogP contribution in [0.4, 0.5) is 15.9 Å². The van der Waals surface area contributed by atoms with E-state index in [4.69, 9.17) is 4.74 Å². The molecule has 1 amide bonds. The quantitative estimate of drug-likeness (QED) is 0.240. The Kier molecular flexibility index (Phi) is 6.98. The van der Waals surface area contributed by atoms with Crippen molar-refractivity contribution in [1.29, 1.82) is 0 Å². The fourth-order valence-electron chi connectivity index (χ4n) is 3.18. The van der Waals surface area contributed by atoms with Gasteiger partial charge in [-0.15, -0.1) is 0 Å². The molecule has 0 unspecified atom stereocenters. The lowest BCUT2D eigenvalue weighted by Gasteiger charge is -2.08. The number of hydrogen-bond donors (Lipinski definition) is 1. The van der Waals surface area contributed by atoms with Crippen molar-refractivity contribution in [2.45, 2.75) is 13.2 Å². The van der Waals surface area contributed by atoms with Crippen LogP contribution in [0, 0.1) is 15.9 Å². The molecule has 0 aliphatic rings. The maximum Gasteiger partial charge on any atom is 0.269 e. The van der Waals surface area contributed by atoms with Gasteiger partial charge in [-0.1, -0.05) is 30.3 Å². The summed E-state index contributed by atoms with van der Waals surface area (Å²) in [5.41, 5.74) is 1.61. The molecular formula is C24H18BrFN4O4. The number of anilines is 1. The topological polar surface area (TPSA) is 99.3 Å². The van der Waals surface area contributed by atoms with E-state index in [1.54, 1.807) is 48.7 Å². The molecule has 0 radical (unpaired) electrons. The van der Waals surface area contributed by atoms with Gasteiger partial charge in [0.15, 0.2) is 5.82 Å². The van der Waals surface area contributed by atoms with Crippen LogP contribution in [0.15, 0.2) is 83.5 Å². The molecule has 1 heterocycles. The minimum Gasteiger partial charge on any atom is -0.489 e. The fraction of sp³-hybridized carbons (Fsp3) is 0.0833. The zero-order valence-electron chi connectivity index (χ0n) is 17.7. The number of halogens is 2. The molecule has 1 N–H and O–H groups in total. The summed E-state index contributed by atoms with van der Waals surface area (Å²) in [5.74, 6) is 0.0974. The number of non-ortho nitro benzene ring substituents is 1. The Morgan fingerprint density at radius 1 is 1.12 bits per heavy atom. The number of amides is 1. The number of nitrogens with zero attached hydrogens (tertiary/aromatic N) is 3. The van der Waals surface area contributed by atoms with Crippen molar-refractivity contribution in [2.24, 2.45) is 0 Å². The average molecular weight is 525 g/mol. The zero-order valence-corrected chi connectivity index (χ0v) is 19.2. The molecule has 0 bridgehead atoms. The van der Waals surface area contributed by atoms with E-state index in [1.807, 2.05) is 0 Å². The molecule has 4 aromatic rings. The van der Waals surface area contributed by atoms with Crippen molar-refractivity contribution in [3.8, 4) is 5.75 Å². The third-order valence-corrected chi connectivity index (χ3v) is 5.46. The van der Waals surface area contributed by atoms with Gasteiger partial charge in [0.2, 0.25) is 0 Å². The summed E-state index contributed by atoms with van der Waals surface area (Å²) in [7, 11) is 0. The first-order chi connectivity index (χ1) is 16.4. The highest BCUT2D eigenvalue weighted by Gasteiger charge is 2.14. The predicted molar refractivity (Wildman–Crippen MR) is 127 cm³/mol. The fourth-order valence-corrected chi connectivity index (χ4v) is 3.59. The molecular weight excluding hydrogens is 507 g/mol. The van der Waals surface area contributed by atoms with Crippen LogP contribution in [0.25, 0.3) is 0 Å². The number of carbonyl (C=O) groups excluding carboxylic acids is 1. The SMILES string of the molecule is O=C(Nc1nn(Cc2ccccc2F)cc1Br)c1cccc(COc2ccc([N+](=O)[O-])cc2)c1. The summed E-state index contributed by atoms with van der Waals surface area (Å²) < 4.78 is 21.7. The number of rotatable bonds is 8. The highest BCUT2D eigenvalue weighted by molar-refractivity contribution is 9.10. The van der Waals surface area contributed by atoms with Crippen LogP contribution in [0.1, 0.15) is 21.5 Å². The zero-order chi connectivity index (χ0) is 24.1. The summed E-state index contributed by atoms with van der Waals surface area (Å²) in [6.07, 6.45) is 1.66. The van der Waals surface area contributed by atoms with Gasteiger partial charge in [0, 0.05) is 29.5 Å². The van der Waals surface area contributed by atoms with E-state index < -0.39 is 4.92 Å². The molecule has 0 saturated carbocycles. The summed E-state index contributed by atoms with van der Waals surface area (Å²) in [6, 6.07) is 19.1. The third kappa shape index (κ3) is 5.65. The van der Waals surface area contributed by atoms with Crippen LogP contribution in [0.5, 0.6) is 5.75 Å². The van der Waals surface area contributed by atoms with Crippen molar-refractivity contribution < 1.29 is 18.8 Å². The van der Waals surface area contributed by atoms with Crippen LogP contribution >= 0.6 is 15.9 Å². The minimum atomic E-state index is -0.479. The first-order valence-corrected chi connectivity index (χ1v) is 10.9. The molecule has 8 nitrogen and oxygen atoms in total. The third-order valence-electron chi connectivity index (χ3n) is 4.88. The van der Waals surface area contributed by atoms with E-state index >= 15 is 0 Å². The second-order valence-corrected chi connectivity index (χ2v) is 8.16. The Labute approximate surface area is 202 Å². The Morgan fingerprint density at radius 2 is 1.88 bits per heavy atom. The molecule has 0 spiro atoms. The van der Waals surface area contributed by atoms with E-state index in [1.165, 1.54) is 35.0 Å². The number of ether oxygens (including phenoxy) is 1. The number of nitro groups is 1. The van der Waals surface area contributed by atoms with Crippen molar-refractivity contribution in [3.63, 3.8) is 0 Å². The van der Waals surface area contributed by atoms with Gasteiger partial charge in [0.05, 0.1) is 15.9 Å². The first-order valence-electron chi connectivity index (χ1n) is 10.1. The standard InChI is InChI=1S/C24H18BrFN4O4/c25-21-14-29(13-18-5-1-2-7-22(18)26)28-23(21)27-24(31)17-6-3-4-16(12-17)15-34-20-10-8-19(9-11-20)30(32)33/h1-12,14H,13,15H2,(H,27,28,31). The number of nitro benzene ring substituents is 1. The summed E-state index contributed by atoms with van der Waals surface area (Å²) >= 11 is 3.38. The summed E-state index contributed by atoms with van der Waals surface area (Å²) in [4.78, 5) is 23.0. The lowest BCUT2D eigenvalue weighted by molar-refractivity contribution is -0.384. The van der Waals surface area contributed by atoms with Crippen LogP contribution in [0.3, 0.4) is 0 Å². The van der Waals surface area contributed by atoms with Crippen LogP contribution in [0.2, 0.25) is 0 Å². The molecule has 3 aromatic carbocycles. The normalized spacial score (nSPS) is 10.6. The Hall–Kier alpha value is -4.05. The highest BCUT2D eigenvalue weighted by Crippen LogP contribution is 2.23. The molecule has 10 heteroatoms. The Bertz CT molecular complexity index is 1340.